The van der Waals surface area contributed by atoms with E-state index in [-0.39, 0.29) is 29.2 Å². The highest BCUT2D eigenvalue weighted by atomic mass is 32.1. The van der Waals surface area contributed by atoms with Gasteiger partial charge in [-0.2, -0.15) is 0 Å². The molecule has 3 amide bonds. The monoisotopic (exact) mass is 481 g/mol. The maximum absolute atomic E-state index is 13.0. The first-order valence-electron chi connectivity index (χ1n) is 10.8. The van der Waals surface area contributed by atoms with E-state index in [2.05, 4.69) is 10.6 Å². The summed E-state index contributed by atoms with van der Waals surface area (Å²) in [6, 6.07) is 12.2. The zero-order chi connectivity index (χ0) is 24.8. The van der Waals surface area contributed by atoms with E-state index in [1.54, 1.807) is 55.7 Å². The fourth-order valence-corrected chi connectivity index (χ4v) is 3.78. The van der Waals surface area contributed by atoms with Crippen molar-refractivity contribution in [3.63, 3.8) is 0 Å². The summed E-state index contributed by atoms with van der Waals surface area (Å²) >= 11 is 5.20. The van der Waals surface area contributed by atoms with Gasteiger partial charge in [-0.15, -0.1) is 0 Å². The number of ether oxygens (including phenoxy) is 2. The van der Waals surface area contributed by atoms with Crippen LogP contribution < -0.4 is 20.1 Å². The summed E-state index contributed by atoms with van der Waals surface area (Å²) in [5, 5.41) is 5.42. The predicted molar refractivity (Wildman–Crippen MR) is 133 cm³/mol. The van der Waals surface area contributed by atoms with Crippen LogP contribution in [0, 0.1) is 0 Å². The number of hydrogen-bond acceptors (Lipinski definition) is 6. The van der Waals surface area contributed by atoms with Gasteiger partial charge in [-0.25, -0.2) is 0 Å². The lowest BCUT2D eigenvalue weighted by Crippen LogP contribution is -2.56. The third-order valence-corrected chi connectivity index (χ3v) is 5.65. The molecule has 0 aromatic heterocycles. The summed E-state index contributed by atoms with van der Waals surface area (Å²) in [6.45, 7) is 5.47. The fourth-order valence-electron chi connectivity index (χ4n) is 3.42. The SMILES string of the molecule is CC[C@@H](C)N1C(=O)/C(=C/c2ccc(OC)c(COc3ccc(NC(C)=O)cc3)c2)C(=O)NC1=S. The van der Waals surface area contributed by atoms with E-state index < -0.39 is 11.8 Å². The molecule has 0 radical (unpaired) electrons. The van der Waals surface area contributed by atoms with Crippen molar-refractivity contribution in [1.29, 1.82) is 0 Å². The van der Waals surface area contributed by atoms with E-state index >= 15 is 0 Å². The number of carbonyl (C=O) groups is 3. The van der Waals surface area contributed by atoms with Crippen LogP contribution in [0.2, 0.25) is 0 Å². The van der Waals surface area contributed by atoms with Crippen LogP contribution in [-0.2, 0) is 21.0 Å². The van der Waals surface area contributed by atoms with Gasteiger partial charge in [0.1, 0.15) is 23.7 Å². The highest BCUT2D eigenvalue weighted by molar-refractivity contribution is 7.80. The van der Waals surface area contributed by atoms with E-state index in [4.69, 9.17) is 21.7 Å². The largest absolute Gasteiger partial charge is 0.496 e. The molecule has 1 heterocycles. The molecule has 0 unspecified atom stereocenters. The smallest absolute Gasteiger partial charge is 0.265 e. The standard InChI is InChI=1S/C25H27N3O5S/c1-5-15(2)28-24(31)21(23(30)27-25(28)34)13-17-6-11-22(32-4)18(12-17)14-33-20-9-7-19(8-10-20)26-16(3)29/h6-13,15H,5,14H2,1-4H3,(H,26,29)(H,27,30,34)/b21-13+/t15-/m1/s1. The Labute approximate surface area is 203 Å². The lowest BCUT2D eigenvalue weighted by atomic mass is 10.0. The second-order valence-electron chi connectivity index (χ2n) is 7.82. The van der Waals surface area contributed by atoms with Crippen molar-refractivity contribution in [3.05, 3.63) is 59.2 Å². The molecule has 9 heteroatoms. The quantitative estimate of drug-likeness (QED) is 0.339. The molecule has 0 bridgehead atoms. The Morgan fingerprint density at radius 3 is 2.53 bits per heavy atom. The van der Waals surface area contributed by atoms with Crippen molar-refractivity contribution in [3.8, 4) is 11.5 Å². The molecule has 1 fully saturated rings. The van der Waals surface area contributed by atoms with Gasteiger partial charge in [0.05, 0.1) is 7.11 Å². The molecule has 2 aromatic carbocycles. The van der Waals surface area contributed by atoms with Gasteiger partial charge in [0, 0.05) is 24.2 Å². The van der Waals surface area contributed by atoms with Crippen LogP contribution >= 0.6 is 12.2 Å². The topological polar surface area (TPSA) is 97.0 Å². The first kappa shape index (κ1) is 24.9. The number of benzene rings is 2. The molecule has 2 aromatic rings. The zero-order valence-electron chi connectivity index (χ0n) is 19.5. The Morgan fingerprint density at radius 1 is 1.21 bits per heavy atom. The minimum atomic E-state index is -0.526. The molecular formula is C25H27N3O5S. The first-order chi connectivity index (χ1) is 16.2. The third kappa shape index (κ3) is 5.79. The number of rotatable bonds is 8. The number of amides is 3. The number of carbonyl (C=O) groups excluding carboxylic acids is 3. The van der Waals surface area contributed by atoms with Crippen molar-refractivity contribution in [1.82, 2.24) is 10.2 Å². The first-order valence-corrected chi connectivity index (χ1v) is 11.2. The second kappa shape index (κ2) is 10.9. The lowest BCUT2D eigenvalue weighted by molar-refractivity contribution is -0.130. The van der Waals surface area contributed by atoms with E-state index in [1.165, 1.54) is 11.8 Å². The Kier molecular flexibility index (Phi) is 8.01. The van der Waals surface area contributed by atoms with Crippen molar-refractivity contribution >= 4 is 46.8 Å². The van der Waals surface area contributed by atoms with Gasteiger partial charge in [0.2, 0.25) is 5.91 Å². The van der Waals surface area contributed by atoms with Crippen LogP contribution in [-0.4, -0.2) is 40.9 Å². The molecule has 8 nitrogen and oxygen atoms in total. The molecule has 3 rings (SSSR count). The highest BCUT2D eigenvalue weighted by Crippen LogP contribution is 2.25. The number of thiocarbonyl (C=S) groups is 1. The molecule has 1 aliphatic rings. The van der Waals surface area contributed by atoms with Crippen molar-refractivity contribution in [2.75, 3.05) is 12.4 Å². The normalized spacial score (nSPS) is 15.7. The Morgan fingerprint density at radius 2 is 1.91 bits per heavy atom. The van der Waals surface area contributed by atoms with E-state index in [0.29, 0.717) is 29.2 Å². The fraction of sp³-hybridized carbons (Fsp3) is 0.280. The zero-order valence-corrected chi connectivity index (χ0v) is 20.3. The molecule has 0 saturated carbocycles. The molecule has 178 valence electrons. The Bertz CT molecular complexity index is 1140. The van der Waals surface area contributed by atoms with Crippen LogP contribution in [0.25, 0.3) is 6.08 Å². The average molecular weight is 482 g/mol. The Hall–Kier alpha value is -3.72. The van der Waals surface area contributed by atoms with E-state index in [0.717, 1.165) is 5.56 Å². The van der Waals surface area contributed by atoms with Crippen LogP contribution in [0.3, 0.4) is 0 Å². The van der Waals surface area contributed by atoms with Gasteiger partial charge in [-0.1, -0.05) is 13.0 Å². The summed E-state index contributed by atoms with van der Waals surface area (Å²) in [5.41, 5.74) is 2.07. The van der Waals surface area contributed by atoms with Gasteiger partial charge in [-0.05, 0) is 73.6 Å². The number of anilines is 1. The molecular weight excluding hydrogens is 454 g/mol. The summed E-state index contributed by atoms with van der Waals surface area (Å²) in [5.74, 6) is 0.125. The number of methoxy groups -OCH3 is 1. The van der Waals surface area contributed by atoms with Crippen LogP contribution in [0.1, 0.15) is 38.3 Å². The van der Waals surface area contributed by atoms with Crippen molar-refractivity contribution in [2.24, 2.45) is 0 Å². The van der Waals surface area contributed by atoms with Crippen molar-refractivity contribution < 1.29 is 23.9 Å². The Balaban J connectivity index is 1.82. The maximum atomic E-state index is 13.0. The van der Waals surface area contributed by atoms with Crippen LogP contribution in [0.5, 0.6) is 11.5 Å². The molecule has 1 aliphatic heterocycles. The second-order valence-corrected chi connectivity index (χ2v) is 8.20. The highest BCUT2D eigenvalue weighted by Gasteiger charge is 2.35. The molecule has 1 atom stereocenters. The van der Waals surface area contributed by atoms with Crippen LogP contribution in [0.15, 0.2) is 48.0 Å². The minimum absolute atomic E-state index is 0.0134. The molecule has 0 aliphatic carbocycles. The van der Waals surface area contributed by atoms with Gasteiger partial charge < -0.3 is 14.8 Å². The third-order valence-electron chi connectivity index (χ3n) is 5.35. The molecule has 1 saturated heterocycles. The molecule has 2 N–H and O–H groups in total. The maximum Gasteiger partial charge on any atom is 0.265 e. The van der Waals surface area contributed by atoms with Gasteiger partial charge in [0.15, 0.2) is 5.11 Å². The van der Waals surface area contributed by atoms with Gasteiger partial charge in [0.25, 0.3) is 11.8 Å². The summed E-state index contributed by atoms with van der Waals surface area (Å²) in [6.07, 6.45) is 2.24. The summed E-state index contributed by atoms with van der Waals surface area (Å²) in [4.78, 5) is 38.1. The number of nitrogens with zero attached hydrogens (tertiary/aromatic N) is 1. The van der Waals surface area contributed by atoms with Gasteiger partial charge >= 0.3 is 0 Å². The minimum Gasteiger partial charge on any atom is -0.496 e. The number of nitrogens with one attached hydrogen (secondary N) is 2. The lowest BCUT2D eigenvalue weighted by Gasteiger charge is -2.33. The van der Waals surface area contributed by atoms with E-state index in [9.17, 15) is 14.4 Å². The summed E-state index contributed by atoms with van der Waals surface area (Å²) < 4.78 is 11.3. The van der Waals surface area contributed by atoms with Gasteiger partial charge in [-0.3, -0.25) is 24.6 Å². The molecule has 0 spiro atoms. The van der Waals surface area contributed by atoms with E-state index in [1.807, 2.05) is 13.8 Å². The van der Waals surface area contributed by atoms with Crippen LogP contribution in [0.4, 0.5) is 5.69 Å². The number of hydrogen-bond donors (Lipinski definition) is 2. The molecule has 34 heavy (non-hydrogen) atoms. The van der Waals surface area contributed by atoms with Crippen molar-refractivity contribution in [2.45, 2.75) is 39.8 Å². The summed E-state index contributed by atoms with van der Waals surface area (Å²) in [7, 11) is 1.56. The average Bonchev–Trinajstić information content (AvgIpc) is 2.80. The predicted octanol–water partition coefficient (Wildman–Crippen LogP) is 3.66.